The van der Waals surface area contributed by atoms with Crippen LogP contribution in [0.4, 0.5) is 17.1 Å². The van der Waals surface area contributed by atoms with Crippen molar-refractivity contribution in [3.8, 4) is 28.7 Å². The number of hydrogen-bond acceptors (Lipinski definition) is 6. The summed E-state index contributed by atoms with van der Waals surface area (Å²) in [5, 5.41) is 0. The first-order valence-electron chi connectivity index (χ1n) is 15.5. The van der Waals surface area contributed by atoms with Gasteiger partial charge in [0.15, 0.2) is 11.2 Å². The predicted molar refractivity (Wildman–Crippen MR) is 186 cm³/mol. The van der Waals surface area contributed by atoms with Crippen molar-refractivity contribution in [1.29, 1.82) is 0 Å². The van der Waals surface area contributed by atoms with E-state index in [1.807, 2.05) is 91.0 Å². The Balaban J connectivity index is 1.07. The average Bonchev–Trinajstić information content (AvgIpc) is 3.78. The van der Waals surface area contributed by atoms with Gasteiger partial charge in [-0.25, -0.2) is 9.97 Å². The Labute approximate surface area is 270 Å². The summed E-state index contributed by atoms with van der Waals surface area (Å²) < 4.78 is 18.3. The van der Waals surface area contributed by atoms with Gasteiger partial charge in [0, 0.05) is 33.8 Å². The lowest BCUT2D eigenvalue weighted by molar-refractivity contribution is 0.498. The van der Waals surface area contributed by atoms with Crippen molar-refractivity contribution in [3.63, 3.8) is 0 Å². The van der Waals surface area contributed by atoms with E-state index in [-0.39, 0.29) is 0 Å². The summed E-state index contributed by atoms with van der Waals surface area (Å²) in [7, 11) is 0. The molecule has 1 aliphatic rings. The Kier molecular flexibility index (Phi) is 6.42. The highest BCUT2D eigenvalue weighted by molar-refractivity contribution is 5.82. The summed E-state index contributed by atoms with van der Waals surface area (Å²) in [5.74, 6) is 2.97. The lowest BCUT2D eigenvalue weighted by atomic mass is 10.0. The number of rotatable bonds is 6. The van der Waals surface area contributed by atoms with Crippen LogP contribution in [0.1, 0.15) is 11.1 Å². The van der Waals surface area contributed by atoms with E-state index in [4.69, 9.17) is 13.6 Å². The lowest BCUT2D eigenvalue weighted by Gasteiger charge is -2.26. The van der Waals surface area contributed by atoms with Gasteiger partial charge in [-0.3, -0.25) is 0 Å². The maximum Gasteiger partial charge on any atom is 0.227 e. The fraction of sp³-hybridized carbons (Fsp3) is 0.0244. The molecule has 0 N–H and O–H groups in total. The molecule has 6 heteroatoms. The molecule has 8 aromatic rings. The second kappa shape index (κ2) is 11.2. The Bertz CT molecular complexity index is 2220. The number of fused-ring (bicyclic) bond motifs is 3. The van der Waals surface area contributed by atoms with Gasteiger partial charge in [-0.05, 0) is 121 Å². The zero-order valence-corrected chi connectivity index (χ0v) is 25.2. The van der Waals surface area contributed by atoms with Crippen LogP contribution in [0.3, 0.4) is 0 Å². The van der Waals surface area contributed by atoms with Crippen LogP contribution in [0.2, 0.25) is 0 Å². The van der Waals surface area contributed by atoms with Crippen LogP contribution < -0.4 is 9.64 Å². The molecule has 0 radical (unpaired) electrons. The van der Waals surface area contributed by atoms with Crippen molar-refractivity contribution >= 4 is 45.0 Å². The molecule has 0 atom stereocenters. The number of benzene rings is 6. The molecule has 1 aliphatic heterocycles. The van der Waals surface area contributed by atoms with E-state index in [2.05, 4.69) is 75.5 Å². The normalized spacial score (nSPS) is 12.5. The van der Waals surface area contributed by atoms with Gasteiger partial charge >= 0.3 is 0 Å². The minimum atomic E-state index is 0.596. The van der Waals surface area contributed by atoms with E-state index < -0.39 is 0 Å². The van der Waals surface area contributed by atoms with Crippen molar-refractivity contribution in [1.82, 2.24) is 9.97 Å². The molecule has 6 aromatic carbocycles. The van der Waals surface area contributed by atoms with Crippen molar-refractivity contribution in [2.75, 3.05) is 4.90 Å². The van der Waals surface area contributed by atoms with Crippen LogP contribution >= 0.6 is 0 Å². The molecular weight excluding hydrogens is 582 g/mol. The first-order chi connectivity index (χ1) is 23.2. The molecule has 0 fully saturated rings. The average molecular weight is 610 g/mol. The van der Waals surface area contributed by atoms with E-state index >= 15 is 0 Å². The molecule has 0 spiro atoms. The number of anilines is 3. The quantitative estimate of drug-likeness (QED) is 0.187. The third-order valence-electron chi connectivity index (χ3n) is 8.44. The van der Waals surface area contributed by atoms with E-state index in [1.165, 1.54) is 5.56 Å². The Morgan fingerprint density at radius 3 is 1.47 bits per heavy atom. The minimum Gasteiger partial charge on any atom is -0.457 e. The number of para-hydroxylation sites is 5. The van der Waals surface area contributed by atoms with Crippen LogP contribution in [-0.2, 0) is 6.42 Å². The Hall–Kier alpha value is -6.40. The summed E-state index contributed by atoms with van der Waals surface area (Å²) in [6, 6.07) is 48.8. The topological polar surface area (TPSA) is 64.5 Å². The third-order valence-corrected chi connectivity index (χ3v) is 8.44. The van der Waals surface area contributed by atoms with Gasteiger partial charge in [0.05, 0.1) is 0 Å². The van der Waals surface area contributed by atoms with Gasteiger partial charge in [0.25, 0.3) is 0 Å². The van der Waals surface area contributed by atoms with Crippen LogP contribution in [0, 0.1) is 0 Å². The second-order valence-corrected chi connectivity index (χ2v) is 11.4. The SMILES string of the molecule is C1=C(c2ccc(N(c3ccc(-c4nc5ccccc5o4)cc3)c3ccc(-c4nc5ccccc5o4)cc3)cc2)Oc2ccccc2C1. The molecule has 0 saturated heterocycles. The number of nitrogens with zero attached hydrogens (tertiary/aromatic N) is 3. The molecule has 3 heterocycles. The number of ether oxygens (including phenoxy) is 1. The number of allylic oxidation sites excluding steroid dienone is 1. The molecule has 0 unspecified atom stereocenters. The third kappa shape index (κ3) is 5.02. The summed E-state index contributed by atoms with van der Waals surface area (Å²) in [5.41, 5.74) is 10.3. The highest BCUT2D eigenvalue weighted by Gasteiger charge is 2.18. The van der Waals surface area contributed by atoms with Gasteiger partial charge < -0.3 is 18.5 Å². The van der Waals surface area contributed by atoms with Crippen LogP contribution in [-0.4, -0.2) is 9.97 Å². The standard InChI is InChI=1S/C41H27N3O3/c1-4-10-36-27(7-1)19-26-37(45-36)28-13-20-31(21-14-28)44(32-22-15-29(16-23-32)40-42-34-8-2-5-11-38(34)46-40)33-24-17-30(18-25-33)41-43-35-9-3-6-12-39(35)47-41/h1-18,20-26H,19H2. The maximum atomic E-state index is 6.26. The van der Waals surface area contributed by atoms with E-state index in [0.717, 1.165) is 73.9 Å². The largest absolute Gasteiger partial charge is 0.457 e. The first kappa shape index (κ1) is 27.0. The molecule has 0 aliphatic carbocycles. The van der Waals surface area contributed by atoms with Crippen molar-refractivity contribution in [2.24, 2.45) is 0 Å². The van der Waals surface area contributed by atoms with Crippen molar-refractivity contribution in [3.05, 3.63) is 163 Å². The first-order valence-corrected chi connectivity index (χ1v) is 15.5. The fourth-order valence-corrected chi connectivity index (χ4v) is 6.03. The Morgan fingerprint density at radius 2 is 0.936 bits per heavy atom. The number of oxazole rings is 2. The van der Waals surface area contributed by atoms with E-state index in [9.17, 15) is 0 Å². The van der Waals surface area contributed by atoms with Crippen LogP contribution in [0.5, 0.6) is 5.75 Å². The zero-order chi connectivity index (χ0) is 31.2. The minimum absolute atomic E-state index is 0.596. The van der Waals surface area contributed by atoms with Crippen LogP contribution in [0.25, 0.3) is 50.9 Å². The van der Waals surface area contributed by atoms with Crippen molar-refractivity contribution < 1.29 is 13.6 Å². The summed E-state index contributed by atoms with van der Waals surface area (Å²) in [6.45, 7) is 0. The summed E-state index contributed by atoms with van der Waals surface area (Å²) in [6.07, 6.45) is 2.99. The van der Waals surface area contributed by atoms with Crippen LogP contribution in [0.15, 0.2) is 161 Å². The zero-order valence-electron chi connectivity index (χ0n) is 25.2. The molecule has 224 valence electrons. The second-order valence-electron chi connectivity index (χ2n) is 11.4. The molecule has 0 bridgehead atoms. The molecule has 0 amide bonds. The van der Waals surface area contributed by atoms with Gasteiger partial charge in [0.1, 0.15) is 22.5 Å². The maximum absolute atomic E-state index is 6.26. The smallest absolute Gasteiger partial charge is 0.227 e. The highest BCUT2D eigenvalue weighted by Crippen LogP contribution is 2.38. The number of aromatic nitrogens is 2. The lowest BCUT2D eigenvalue weighted by Crippen LogP contribution is -2.10. The summed E-state index contributed by atoms with van der Waals surface area (Å²) >= 11 is 0. The molecule has 9 rings (SSSR count). The highest BCUT2D eigenvalue weighted by atomic mass is 16.5. The van der Waals surface area contributed by atoms with Gasteiger partial charge in [-0.2, -0.15) is 0 Å². The van der Waals surface area contributed by atoms with E-state index in [1.54, 1.807) is 0 Å². The van der Waals surface area contributed by atoms with Gasteiger partial charge in [-0.1, -0.05) is 42.5 Å². The van der Waals surface area contributed by atoms with Crippen molar-refractivity contribution in [2.45, 2.75) is 6.42 Å². The van der Waals surface area contributed by atoms with Gasteiger partial charge in [-0.15, -0.1) is 0 Å². The Morgan fingerprint density at radius 1 is 0.468 bits per heavy atom. The predicted octanol–water partition coefficient (Wildman–Crippen LogP) is 10.7. The number of hydrogen-bond donors (Lipinski definition) is 0. The molecule has 47 heavy (non-hydrogen) atoms. The molecular formula is C41H27N3O3. The molecule has 2 aromatic heterocycles. The molecule has 0 saturated carbocycles. The molecule has 6 nitrogen and oxygen atoms in total. The van der Waals surface area contributed by atoms with E-state index in [0.29, 0.717) is 11.8 Å². The fourth-order valence-electron chi connectivity index (χ4n) is 6.03. The monoisotopic (exact) mass is 609 g/mol. The van der Waals surface area contributed by atoms with Gasteiger partial charge in [0.2, 0.25) is 11.8 Å². The summed E-state index contributed by atoms with van der Waals surface area (Å²) in [4.78, 5) is 11.6.